The number of nitrogens with one attached hydrogen (secondary N) is 2. The topological polar surface area (TPSA) is 108 Å². The van der Waals surface area contributed by atoms with Gasteiger partial charge in [-0.05, 0) is 57.7 Å². The van der Waals surface area contributed by atoms with Crippen LogP contribution in [0.5, 0.6) is 0 Å². The molecule has 4 bridgehead atoms. The molecule has 0 spiro atoms. The monoisotopic (exact) mass is 628 g/mol. The van der Waals surface area contributed by atoms with E-state index in [0.29, 0.717) is 56.0 Å². The molecule has 1 amide bonds. The highest BCUT2D eigenvalue weighted by molar-refractivity contribution is 7.90. The summed E-state index contributed by atoms with van der Waals surface area (Å²) in [4.78, 5) is 30.5. The van der Waals surface area contributed by atoms with Crippen LogP contribution in [0.15, 0.2) is 30.3 Å². The third-order valence-electron chi connectivity index (χ3n) is 7.47. The SMILES string of the molecule is CCC(=O)CCCCCC(N[S@+]([O-])C(C)(C)C)c1c2nc(n1COCC[Si](C)(C)C)-c1cccc(c1)/C=C\CCNC2=O. The maximum atomic E-state index is 13.7. The van der Waals surface area contributed by atoms with Crippen LogP contribution in [0.2, 0.25) is 25.7 Å². The van der Waals surface area contributed by atoms with Crippen molar-refractivity contribution in [3.8, 4) is 11.4 Å². The Kier molecular flexibility index (Phi) is 13.3. The van der Waals surface area contributed by atoms with E-state index in [0.717, 1.165) is 36.4 Å². The van der Waals surface area contributed by atoms with E-state index in [9.17, 15) is 14.1 Å². The number of hydrogen-bond donors (Lipinski definition) is 2. The van der Waals surface area contributed by atoms with Crippen molar-refractivity contribution in [3.63, 3.8) is 0 Å². The van der Waals surface area contributed by atoms with Gasteiger partial charge in [0.15, 0.2) is 5.69 Å². The van der Waals surface area contributed by atoms with Crippen molar-refractivity contribution in [3.05, 3.63) is 47.3 Å². The summed E-state index contributed by atoms with van der Waals surface area (Å²) in [7, 11) is -1.31. The second kappa shape index (κ2) is 16.2. The Morgan fingerprint density at radius 2 is 2.00 bits per heavy atom. The van der Waals surface area contributed by atoms with Crippen molar-refractivity contribution < 1.29 is 18.9 Å². The van der Waals surface area contributed by atoms with E-state index in [4.69, 9.17) is 9.72 Å². The second-order valence-corrected chi connectivity index (χ2v) is 21.2. The summed E-state index contributed by atoms with van der Waals surface area (Å²) >= 11 is -1.39. The molecule has 2 aromatic rings. The number of hydrogen-bond acceptors (Lipinski definition) is 6. The number of carbonyl (C=O) groups is 2. The number of ketones is 1. The summed E-state index contributed by atoms with van der Waals surface area (Å²) in [6.07, 6.45) is 9.11. The molecule has 0 saturated heterocycles. The number of imidazole rings is 1. The Labute approximate surface area is 262 Å². The van der Waals surface area contributed by atoms with E-state index in [1.807, 2.05) is 44.4 Å². The van der Waals surface area contributed by atoms with E-state index < -0.39 is 30.2 Å². The van der Waals surface area contributed by atoms with Gasteiger partial charge in [-0.25, -0.2) is 4.98 Å². The van der Waals surface area contributed by atoms with Crippen LogP contribution in [0.1, 0.15) is 100 Å². The predicted octanol–water partition coefficient (Wildman–Crippen LogP) is 7.03. The largest absolute Gasteiger partial charge is 0.598 e. The van der Waals surface area contributed by atoms with Crippen LogP contribution < -0.4 is 10.0 Å². The van der Waals surface area contributed by atoms with Crippen molar-refractivity contribution >= 4 is 37.2 Å². The standard InChI is InChI=1S/C33H52N4O4SSi/c1-8-27(38)18-10-9-11-19-28(36-42(40)33(2,3)4)30-29-32(39)34-20-13-12-15-25-16-14-17-26(23-25)31(35-29)37(30)24-41-21-22-43(5,6)7/h12,14-17,23,28,36H,8-11,13,18-22,24H2,1-7H3,(H,34,39)/b15-12-/t28?,42-/m1/s1. The molecule has 0 radical (unpaired) electrons. The molecule has 8 nitrogen and oxygen atoms in total. The van der Waals surface area contributed by atoms with Gasteiger partial charge in [-0.1, -0.05) is 69.8 Å². The van der Waals surface area contributed by atoms with Gasteiger partial charge in [-0.3, -0.25) is 9.59 Å². The van der Waals surface area contributed by atoms with Crippen molar-refractivity contribution in [1.29, 1.82) is 0 Å². The molecule has 1 unspecified atom stereocenters. The van der Waals surface area contributed by atoms with Gasteiger partial charge in [-0.15, -0.1) is 4.72 Å². The molecule has 3 rings (SSSR count). The molecule has 0 fully saturated rings. The van der Waals surface area contributed by atoms with E-state index in [1.165, 1.54) is 0 Å². The van der Waals surface area contributed by atoms with Crippen molar-refractivity contribution in [2.45, 2.75) is 116 Å². The lowest BCUT2D eigenvalue weighted by atomic mass is 10.0. The Bertz CT molecular complexity index is 1250. The van der Waals surface area contributed by atoms with Crippen molar-refractivity contribution in [2.24, 2.45) is 0 Å². The highest BCUT2D eigenvalue weighted by Crippen LogP contribution is 2.33. The van der Waals surface area contributed by atoms with Gasteiger partial charge in [0.05, 0.1) is 11.7 Å². The zero-order valence-corrected chi connectivity index (χ0v) is 29.1. The Morgan fingerprint density at radius 1 is 1.23 bits per heavy atom. The van der Waals surface area contributed by atoms with Crippen molar-refractivity contribution in [2.75, 3.05) is 13.2 Å². The molecule has 43 heavy (non-hydrogen) atoms. The fraction of sp³-hybridized carbons (Fsp3) is 0.606. The van der Waals surface area contributed by atoms with Gasteiger partial charge < -0.3 is 19.2 Å². The number of carbonyl (C=O) groups excluding carboxylic acids is 2. The first kappa shape index (κ1) is 35.2. The van der Waals surface area contributed by atoms with Gasteiger partial charge in [0.1, 0.15) is 23.1 Å². The normalized spacial score (nSPS) is 16.1. The summed E-state index contributed by atoms with van der Waals surface area (Å²) in [6.45, 7) is 16.0. The molecular weight excluding hydrogens is 577 g/mol. The van der Waals surface area contributed by atoms with Crippen LogP contribution in [0, 0.1) is 0 Å². The molecule has 1 aliphatic heterocycles. The van der Waals surface area contributed by atoms with Crippen LogP contribution >= 0.6 is 0 Å². The number of aromatic nitrogens is 2. The minimum absolute atomic E-state index is 0.237. The number of rotatable bonds is 15. The molecule has 2 atom stereocenters. The maximum absolute atomic E-state index is 13.7. The Morgan fingerprint density at radius 3 is 2.70 bits per heavy atom. The maximum Gasteiger partial charge on any atom is 0.271 e. The number of Topliss-reactive ketones (excluding diaryl/α,β-unsaturated/α-hetero) is 1. The number of unbranched alkanes of at least 4 members (excludes halogenated alkanes) is 2. The third kappa shape index (κ3) is 11.0. The quantitative estimate of drug-likeness (QED) is 0.125. The number of benzene rings is 1. The molecule has 1 aliphatic rings. The molecule has 0 saturated carbocycles. The summed E-state index contributed by atoms with van der Waals surface area (Å²) in [5.41, 5.74) is 2.99. The molecule has 1 aromatic heterocycles. The van der Waals surface area contributed by atoms with E-state index in [1.54, 1.807) is 0 Å². The number of nitrogens with zero attached hydrogens (tertiary/aromatic N) is 2. The van der Waals surface area contributed by atoms with Crippen molar-refractivity contribution in [1.82, 2.24) is 19.6 Å². The van der Waals surface area contributed by atoms with E-state index >= 15 is 0 Å². The highest BCUT2D eigenvalue weighted by Gasteiger charge is 2.35. The molecule has 10 heteroatoms. The Hall–Kier alpha value is -2.24. The summed E-state index contributed by atoms with van der Waals surface area (Å²) < 4.78 is 24.7. The lowest BCUT2D eigenvalue weighted by Gasteiger charge is -2.29. The number of amides is 1. The van der Waals surface area contributed by atoms with E-state index in [2.05, 4.69) is 54.0 Å². The first-order valence-corrected chi connectivity index (χ1v) is 20.6. The summed E-state index contributed by atoms with van der Waals surface area (Å²) in [6, 6.07) is 8.78. The van der Waals surface area contributed by atoms with Crippen LogP contribution in [0.25, 0.3) is 17.5 Å². The first-order valence-electron chi connectivity index (χ1n) is 15.7. The lowest BCUT2D eigenvalue weighted by molar-refractivity contribution is -0.118. The van der Waals surface area contributed by atoms with Gasteiger partial charge in [0.25, 0.3) is 5.91 Å². The lowest BCUT2D eigenvalue weighted by Crippen LogP contribution is -2.42. The fourth-order valence-corrected chi connectivity index (χ4v) is 6.40. The van der Waals surface area contributed by atoms with Gasteiger partial charge >= 0.3 is 0 Å². The highest BCUT2D eigenvalue weighted by atomic mass is 32.2. The zero-order chi connectivity index (χ0) is 31.6. The fourth-order valence-electron chi connectivity index (χ4n) is 4.81. The molecule has 238 valence electrons. The average molecular weight is 629 g/mol. The predicted molar refractivity (Wildman–Crippen MR) is 180 cm³/mol. The summed E-state index contributed by atoms with van der Waals surface area (Å²) in [5, 5.41) is 3.05. The molecule has 1 aromatic carbocycles. The molecule has 0 aliphatic carbocycles. The number of ether oxygens (including phenoxy) is 1. The first-order chi connectivity index (χ1) is 20.3. The zero-order valence-electron chi connectivity index (χ0n) is 27.3. The number of fused-ring (bicyclic) bond motifs is 5. The van der Waals surface area contributed by atoms with Crippen LogP contribution in [-0.2, 0) is 27.6 Å². The molecular formula is C33H52N4O4SSi. The minimum atomic E-state index is -1.39. The van der Waals surface area contributed by atoms with Gasteiger partial charge in [0, 0.05) is 51.0 Å². The molecule has 2 N–H and O–H groups in total. The average Bonchev–Trinajstić information content (AvgIpc) is 3.32. The minimum Gasteiger partial charge on any atom is -0.598 e. The smallest absolute Gasteiger partial charge is 0.271 e. The Balaban J connectivity index is 2.10. The van der Waals surface area contributed by atoms with Crippen LogP contribution in [0.4, 0.5) is 0 Å². The summed E-state index contributed by atoms with van der Waals surface area (Å²) in [5.74, 6) is 0.685. The van der Waals surface area contributed by atoms with E-state index in [-0.39, 0.29) is 18.4 Å². The van der Waals surface area contributed by atoms with Gasteiger partial charge in [-0.2, -0.15) is 0 Å². The van der Waals surface area contributed by atoms with Gasteiger partial charge in [0.2, 0.25) is 0 Å². The van der Waals surface area contributed by atoms with Crippen LogP contribution in [0.3, 0.4) is 0 Å². The molecule has 2 heterocycles. The van der Waals surface area contributed by atoms with Crippen LogP contribution in [-0.4, -0.2) is 51.8 Å². The third-order valence-corrected chi connectivity index (χ3v) is 10.8. The second-order valence-electron chi connectivity index (χ2n) is 13.6.